The molecule has 38 heavy (non-hydrogen) atoms. The molecule has 2 aliphatic rings. The molecular formula is C27H31Cl2F4N3O2. The first-order chi connectivity index (χ1) is 17.8. The number of ether oxygens (including phenoxy) is 1. The van der Waals surface area contributed by atoms with E-state index in [1.54, 1.807) is 12.1 Å². The van der Waals surface area contributed by atoms with Crippen molar-refractivity contribution in [1.29, 1.82) is 0 Å². The van der Waals surface area contributed by atoms with Gasteiger partial charge in [0.05, 0.1) is 34.4 Å². The Bertz CT molecular complexity index is 1160. The number of rotatable bonds is 6. The van der Waals surface area contributed by atoms with E-state index in [2.05, 4.69) is 4.90 Å². The van der Waals surface area contributed by atoms with Crippen LogP contribution in [0.3, 0.4) is 0 Å². The van der Waals surface area contributed by atoms with Crippen molar-refractivity contribution in [2.75, 3.05) is 39.8 Å². The minimum absolute atomic E-state index is 0.00663. The van der Waals surface area contributed by atoms with Gasteiger partial charge in [-0.3, -0.25) is 14.6 Å². The zero-order valence-corrected chi connectivity index (χ0v) is 23.0. The molecule has 1 amide bonds. The molecule has 0 radical (unpaired) electrons. The molecule has 4 atom stereocenters. The van der Waals surface area contributed by atoms with Gasteiger partial charge in [-0.1, -0.05) is 35.3 Å². The highest BCUT2D eigenvalue weighted by atomic mass is 35.5. The Morgan fingerprint density at radius 1 is 1.03 bits per heavy atom. The van der Waals surface area contributed by atoms with Gasteiger partial charge in [-0.25, -0.2) is 4.39 Å². The van der Waals surface area contributed by atoms with Gasteiger partial charge in [0, 0.05) is 44.7 Å². The molecular weight excluding hydrogens is 545 g/mol. The van der Waals surface area contributed by atoms with Crippen LogP contribution in [0.2, 0.25) is 10.0 Å². The minimum atomic E-state index is -4.75. The maximum Gasteiger partial charge on any atom is 0.419 e. The Labute approximate surface area is 230 Å². The van der Waals surface area contributed by atoms with Crippen LogP contribution < -0.4 is 0 Å². The number of likely N-dealkylation sites (N-methyl/N-ethyl adjacent to an activating group) is 1. The summed E-state index contributed by atoms with van der Waals surface area (Å²) in [5, 5.41) is 0.818. The van der Waals surface area contributed by atoms with E-state index < -0.39 is 17.6 Å². The zero-order chi connectivity index (χ0) is 27.8. The van der Waals surface area contributed by atoms with Crippen molar-refractivity contribution in [3.05, 3.63) is 69.0 Å². The molecule has 11 heteroatoms. The van der Waals surface area contributed by atoms with Crippen molar-refractivity contribution >= 4 is 29.1 Å². The Balaban J connectivity index is 1.53. The number of benzene rings is 2. The summed E-state index contributed by atoms with van der Waals surface area (Å²) in [7, 11) is 1.82. The van der Waals surface area contributed by atoms with E-state index in [1.807, 2.05) is 36.8 Å². The number of amides is 1. The zero-order valence-electron chi connectivity index (χ0n) is 21.4. The molecule has 2 aromatic rings. The van der Waals surface area contributed by atoms with E-state index in [1.165, 1.54) is 6.07 Å². The van der Waals surface area contributed by atoms with Crippen LogP contribution in [-0.2, 0) is 22.3 Å². The summed E-state index contributed by atoms with van der Waals surface area (Å²) in [5.41, 5.74) is 0.0210. The quantitative estimate of drug-likeness (QED) is 0.415. The van der Waals surface area contributed by atoms with E-state index in [4.69, 9.17) is 27.9 Å². The van der Waals surface area contributed by atoms with E-state index >= 15 is 0 Å². The number of halogens is 6. The summed E-state index contributed by atoms with van der Waals surface area (Å²) in [4.78, 5) is 19.2. The number of likely N-dealkylation sites (tertiary alicyclic amines) is 1. The first kappa shape index (κ1) is 29.1. The fraction of sp³-hybridized carbons (Fsp3) is 0.519. The molecule has 0 N–H and O–H groups in total. The molecule has 208 valence electrons. The van der Waals surface area contributed by atoms with E-state index in [9.17, 15) is 22.4 Å². The summed E-state index contributed by atoms with van der Waals surface area (Å²) in [6, 6.07) is 8.17. The van der Waals surface area contributed by atoms with Crippen molar-refractivity contribution in [3.8, 4) is 0 Å². The Hall–Kier alpha value is -1.91. The molecule has 2 fully saturated rings. The smallest absolute Gasteiger partial charge is 0.373 e. The summed E-state index contributed by atoms with van der Waals surface area (Å²) in [6.45, 7) is 6.65. The lowest BCUT2D eigenvalue weighted by Gasteiger charge is -2.35. The summed E-state index contributed by atoms with van der Waals surface area (Å²) in [6.07, 6.45) is -4.68. The van der Waals surface area contributed by atoms with Crippen LogP contribution in [0, 0.1) is 5.82 Å². The number of hydrogen-bond acceptors (Lipinski definition) is 4. The third-order valence-corrected chi connectivity index (χ3v) is 7.94. The van der Waals surface area contributed by atoms with Gasteiger partial charge < -0.3 is 9.64 Å². The van der Waals surface area contributed by atoms with Crippen molar-refractivity contribution in [3.63, 3.8) is 0 Å². The van der Waals surface area contributed by atoms with Gasteiger partial charge in [0.25, 0.3) is 0 Å². The van der Waals surface area contributed by atoms with Crippen molar-refractivity contribution < 1.29 is 27.1 Å². The normalized spacial score (nSPS) is 24.8. The highest BCUT2D eigenvalue weighted by Crippen LogP contribution is 2.36. The van der Waals surface area contributed by atoms with Crippen molar-refractivity contribution in [1.82, 2.24) is 14.7 Å². The van der Waals surface area contributed by atoms with Gasteiger partial charge >= 0.3 is 6.18 Å². The van der Waals surface area contributed by atoms with Crippen LogP contribution in [0.5, 0.6) is 0 Å². The fourth-order valence-electron chi connectivity index (χ4n) is 5.50. The molecule has 0 aliphatic carbocycles. The van der Waals surface area contributed by atoms with Gasteiger partial charge in [-0.15, -0.1) is 0 Å². The lowest BCUT2D eigenvalue weighted by atomic mass is 9.93. The molecule has 0 spiro atoms. The van der Waals surface area contributed by atoms with Gasteiger partial charge in [-0.2, -0.15) is 13.2 Å². The SMILES string of the molecule is CC1CN(CC(=O)N2CC(N(C)Cc3ccc(C(F)(F)F)c(F)c3)[C@@H](c3ccc(Cl)c(Cl)c3)C2)CC(C)O1. The average molecular weight is 576 g/mol. The molecule has 2 aromatic carbocycles. The molecule has 2 saturated heterocycles. The molecule has 0 saturated carbocycles. The molecule has 5 nitrogen and oxygen atoms in total. The molecule has 2 heterocycles. The Kier molecular flexibility index (Phi) is 8.94. The largest absolute Gasteiger partial charge is 0.419 e. The second kappa shape index (κ2) is 11.7. The van der Waals surface area contributed by atoms with Crippen LogP contribution in [0.15, 0.2) is 36.4 Å². The standard InChI is InChI=1S/C27H31Cl2F4N3O2/c1-16-10-35(11-17(2)38-16)15-26(37)36-13-20(19-5-7-22(28)23(29)9-19)25(14-36)34(3)12-18-4-6-21(24(30)8-18)27(31,32)33/h4-9,16-17,20,25H,10-15H2,1-3H3/t16?,17?,20-,25?/m1/s1. The number of hydrogen-bond donors (Lipinski definition) is 0. The lowest BCUT2D eigenvalue weighted by Crippen LogP contribution is -2.49. The van der Waals surface area contributed by atoms with Crippen molar-refractivity contribution in [2.45, 2.75) is 50.7 Å². The van der Waals surface area contributed by atoms with E-state index in [0.717, 1.165) is 17.7 Å². The molecule has 0 aromatic heterocycles. The fourth-order valence-corrected chi connectivity index (χ4v) is 5.81. The van der Waals surface area contributed by atoms with Crippen LogP contribution in [-0.4, -0.2) is 78.6 Å². The highest BCUT2D eigenvalue weighted by molar-refractivity contribution is 6.42. The first-order valence-electron chi connectivity index (χ1n) is 12.5. The van der Waals surface area contributed by atoms with Gasteiger partial charge in [0.15, 0.2) is 0 Å². The molecule has 0 bridgehead atoms. The predicted molar refractivity (Wildman–Crippen MR) is 139 cm³/mol. The lowest BCUT2D eigenvalue weighted by molar-refractivity contribution is -0.140. The Morgan fingerprint density at radius 2 is 1.71 bits per heavy atom. The molecule has 3 unspecified atom stereocenters. The van der Waals surface area contributed by atoms with E-state index in [0.29, 0.717) is 41.8 Å². The van der Waals surface area contributed by atoms with Gasteiger partial charge in [0.1, 0.15) is 5.82 Å². The van der Waals surface area contributed by atoms with Crippen molar-refractivity contribution in [2.24, 2.45) is 0 Å². The number of morpholine rings is 1. The van der Waals surface area contributed by atoms with Crippen LogP contribution >= 0.6 is 23.2 Å². The van der Waals surface area contributed by atoms with E-state index in [-0.39, 0.29) is 43.2 Å². The topological polar surface area (TPSA) is 36.0 Å². The van der Waals surface area contributed by atoms with Gasteiger partial charge in [-0.05, 0) is 56.3 Å². The van der Waals surface area contributed by atoms with Crippen LogP contribution in [0.25, 0.3) is 0 Å². The number of carbonyl (C=O) groups excluding carboxylic acids is 1. The third-order valence-electron chi connectivity index (χ3n) is 7.20. The molecule has 2 aliphatic heterocycles. The average Bonchev–Trinajstić information content (AvgIpc) is 3.25. The first-order valence-corrected chi connectivity index (χ1v) is 13.2. The number of alkyl halides is 3. The summed E-state index contributed by atoms with van der Waals surface area (Å²) < 4.78 is 59.0. The Morgan fingerprint density at radius 3 is 2.32 bits per heavy atom. The number of carbonyl (C=O) groups is 1. The van der Waals surface area contributed by atoms with Crippen LogP contribution in [0.4, 0.5) is 17.6 Å². The van der Waals surface area contributed by atoms with Crippen LogP contribution in [0.1, 0.15) is 36.5 Å². The summed E-state index contributed by atoms with van der Waals surface area (Å²) >= 11 is 12.4. The maximum atomic E-state index is 14.2. The number of nitrogens with zero attached hydrogens (tertiary/aromatic N) is 3. The maximum absolute atomic E-state index is 14.2. The van der Waals surface area contributed by atoms with Gasteiger partial charge in [0.2, 0.25) is 5.91 Å². The predicted octanol–water partition coefficient (Wildman–Crippen LogP) is 5.69. The highest BCUT2D eigenvalue weighted by Gasteiger charge is 2.40. The monoisotopic (exact) mass is 575 g/mol. The third kappa shape index (κ3) is 6.80. The molecule has 4 rings (SSSR count). The second-order valence-corrected chi connectivity index (χ2v) is 11.1. The summed E-state index contributed by atoms with van der Waals surface area (Å²) in [5.74, 6) is -1.44. The minimum Gasteiger partial charge on any atom is -0.373 e. The second-order valence-electron chi connectivity index (χ2n) is 10.3.